The van der Waals surface area contributed by atoms with Gasteiger partial charge in [0.05, 0.1) is 5.56 Å². The molecule has 0 fully saturated rings. The molecule has 6 heteroatoms. The second-order valence-electron chi connectivity index (χ2n) is 3.15. The highest BCUT2D eigenvalue weighted by Gasteiger charge is 2.36. The lowest BCUT2D eigenvalue weighted by atomic mass is 10.1. The van der Waals surface area contributed by atoms with Gasteiger partial charge in [-0.3, -0.25) is 0 Å². The van der Waals surface area contributed by atoms with E-state index in [2.05, 4.69) is 10.5 Å². The van der Waals surface area contributed by atoms with E-state index in [1.807, 2.05) is 0 Å². The van der Waals surface area contributed by atoms with Gasteiger partial charge in [0.2, 0.25) is 0 Å². The smallest absolute Gasteiger partial charge is 0.304 e. The Hall–Kier alpha value is -0.823. The lowest BCUT2D eigenvalue weighted by Gasteiger charge is -2.31. The van der Waals surface area contributed by atoms with Gasteiger partial charge in [-0.05, 0) is 26.0 Å². The lowest BCUT2D eigenvalue weighted by Crippen LogP contribution is -2.37. The van der Waals surface area contributed by atoms with Crippen LogP contribution in [0.25, 0.3) is 0 Å². The van der Waals surface area contributed by atoms with E-state index < -0.39 is 17.6 Å². The second kappa shape index (κ2) is 6.20. The molecule has 1 rings (SSSR count). The predicted molar refractivity (Wildman–Crippen MR) is 58.1 cm³/mol. The van der Waals surface area contributed by atoms with E-state index in [0.29, 0.717) is 0 Å². The summed E-state index contributed by atoms with van der Waals surface area (Å²) in [5, 5.41) is 0. The molecule has 0 atom stereocenters. The summed E-state index contributed by atoms with van der Waals surface area (Å²) in [6.45, 7) is 3.89. The SMILES string of the molecule is CCOC(O[Si])(OCC)c1ccc(F)cc1F. The minimum Gasteiger partial charge on any atom is -0.367 e. The van der Waals surface area contributed by atoms with E-state index in [1.165, 1.54) is 6.07 Å². The number of hydrogen-bond acceptors (Lipinski definition) is 3. The van der Waals surface area contributed by atoms with Crippen molar-refractivity contribution in [3.05, 3.63) is 35.4 Å². The summed E-state index contributed by atoms with van der Waals surface area (Å²) in [6.07, 6.45) is 0. The average Bonchev–Trinajstić information content (AvgIpc) is 2.28. The maximum atomic E-state index is 13.7. The highest BCUT2D eigenvalue weighted by molar-refractivity contribution is 5.98. The third kappa shape index (κ3) is 3.10. The van der Waals surface area contributed by atoms with Crippen LogP contribution in [-0.4, -0.2) is 23.7 Å². The zero-order chi connectivity index (χ0) is 12.9. The Morgan fingerprint density at radius 1 is 1.18 bits per heavy atom. The Kier molecular flexibility index (Phi) is 5.19. The zero-order valence-electron chi connectivity index (χ0n) is 9.63. The molecule has 0 aliphatic rings. The number of halogens is 2. The number of ether oxygens (including phenoxy) is 2. The van der Waals surface area contributed by atoms with Crippen molar-refractivity contribution in [3.8, 4) is 0 Å². The molecule has 0 heterocycles. The van der Waals surface area contributed by atoms with Crippen molar-refractivity contribution < 1.29 is 22.7 Å². The van der Waals surface area contributed by atoms with E-state index in [-0.39, 0.29) is 18.8 Å². The van der Waals surface area contributed by atoms with Gasteiger partial charge in [-0.2, -0.15) is 0 Å². The van der Waals surface area contributed by atoms with Crippen molar-refractivity contribution in [3.63, 3.8) is 0 Å². The first-order chi connectivity index (χ1) is 8.09. The second-order valence-corrected chi connectivity index (χ2v) is 3.35. The lowest BCUT2D eigenvalue weighted by molar-refractivity contribution is -0.354. The van der Waals surface area contributed by atoms with Crippen LogP contribution in [0.15, 0.2) is 18.2 Å². The maximum Gasteiger partial charge on any atom is 0.304 e. The molecule has 17 heavy (non-hydrogen) atoms. The summed E-state index contributed by atoms with van der Waals surface area (Å²) in [7, 11) is 2.81. The molecule has 0 aliphatic heterocycles. The van der Waals surface area contributed by atoms with Gasteiger partial charge >= 0.3 is 5.97 Å². The van der Waals surface area contributed by atoms with Crippen LogP contribution in [0, 0.1) is 11.6 Å². The molecule has 0 saturated carbocycles. The highest BCUT2D eigenvalue weighted by atomic mass is 28.2. The maximum absolute atomic E-state index is 13.7. The standard InChI is InChI=1S/C11H13F2O3Si/c1-3-14-11(16-17,15-4-2)9-6-5-8(12)7-10(9)13/h5-7H,3-4H2,1-2H3. The normalized spacial score (nSPS) is 11.8. The molecular weight excluding hydrogens is 246 g/mol. The van der Waals surface area contributed by atoms with E-state index in [4.69, 9.17) is 13.9 Å². The quantitative estimate of drug-likeness (QED) is 0.579. The molecule has 0 N–H and O–H groups in total. The zero-order valence-corrected chi connectivity index (χ0v) is 10.6. The van der Waals surface area contributed by atoms with Crippen molar-refractivity contribution in [2.45, 2.75) is 19.8 Å². The van der Waals surface area contributed by atoms with Crippen LogP contribution in [0.1, 0.15) is 19.4 Å². The van der Waals surface area contributed by atoms with Crippen LogP contribution in [0.4, 0.5) is 8.78 Å². The molecule has 3 nitrogen and oxygen atoms in total. The monoisotopic (exact) mass is 259 g/mol. The minimum absolute atomic E-state index is 0.0300. The molecule has 0 aromatic heterocycles. The number of hydrogen-bond donors (Lipinski definition) is 0. The predicted octanol–water partition coefficient (Wildman–Crippen LogP) is 2.25. The molecule has 1 aromatic carbocycles. The van der Waals surface area contributed by atoms with Gasteiger partial charge in [-0.25, -0.2) is 8.78 Å². The van der Waals surface area contributed by atoms with Crippen LogP contribution < -0.4 is 0 Å². The summed E-state index contributed by atoms with van der Waals surface area (Å²) in [6, 6.07) is 3.07. The molecule has 1 aromatic rings. The fraction of sp³-hybridized carbons (Fsp3) is 0.455. The van der Waals surface area contributed by atoms with Gasteiger partial charge in [-0.15, -0.1) is 0 Å². The van der Waals surface area contributed by atoms with Gasteiger partial charge in [0, 0.05) is 19.3 Å². The first-order valence-electron chi connectivity index (χ1n) is 5.17. The Morgan fingerprint density at radius 2 is 1.76 bits per heavy atom. The Labute approximate surface area is 102 Å². The van der Waals surface area contributed by atoms with Gasteiger partial charge < -0.3 is 13.9 Å². The van der Waals surface area contributed by atoms with Gasteiger partial charge in [0.1, 0.15) is 11.6 Å². The van der Waals surface area contributed by atoms with E-state index in [0.717, 1.165) is 12.1 Å². The molecule has 0 unspecified atom stereocenters. The Morgan fingerprint density at radius 3 is 2.18 bits per heavy atom. The van der Waals surface area contributed by atoms with E-state index >= 15 is 0 Å². The summed E-state index contributed by atoms with van der Waals surface area (Å²) in [5.74, 6) is -3.19. The van der Waals surface area contributed by atoms with Gasteiger partial charge in [-0.1, -0.05) is 0 Å². The van der Waals surface area contributed by atoms with Crippen LogP contribution in [0.5, 0.6) is 0 Å². The van der Waals surface area contributed by atoms with Gasteiger partial charge in [0.15, 0.2) is 0 Å². The largest absolute Gasteiger partial charge is 0.367 e. The molecule has 0 saturated heterocycles. The fourth-order valence-electron chi connectivity index (χ4n) is 1.43. The first-order valence-corrected chi connectivity index (χ1v) is 5.58. The Balaban J connectivity index is 3.19. The van der Waals surface area contributed by atoms with Crippen molar-refractivity contribution in [1.29, 1.82) is 0 Å². The van der Waals surface area contributed by atoms with Gasteiger partial charge in [0.25, 0.3) is 10.5 Å². The number of rotatable bonds is 6. The summed E-state index contributed by atoms with van der Waals surface area (Å²) >= 11 is 0. The van der Waals surface area contributed by atoms with Crippen molar-refractivity contribution in [1.82, 2.24) is 0 Å². The van der Waals surface area contributed by atoms with Crippen molar-refractivity contribution in [2.24, 2.45) is 0 Å². The average molecular weight is 259 g/mol. The molecule has 93 valence electrons. The molecule has 3 radical (unpaired) electrons. The minimum atomic E-state index is -1.71. The summed E-state index contributed by atoms with van der Waals surface area (Å²) in [5.41, 5.74) is -0.0300. The van der Waals surface area contributed by atoms with Crippen LogP contribution in [0.2, 0.25) is 0 Å². The molecule has 0 aliphatic carbocycles. The van der Waals surface area contributed by atoms with E-state index in [1.54, 1.807) is 13.8 Å². The fourth-order valence-corrected chi connectivity index (χ4v) is 1.66. The Bertz CT molecular complexity index is 368. The first kappa shape index (κ1) is 14.2. The molecular formula is C11H13F2O3Si. The summed E-state index contributed by atoms with van der Waals surface area (Å²) in [4.78, 5) is 0. The third-order valence-electron chi connectivity index (χ3n) is 2.06. The van der Waals surface area contributed by atoms with Crippen LogP contribution in [0.3, 0.4) is 0 Å². The molecule has 0 bridgehead atoms. The molecule has 0 spiro atoms. The van der Waals surface area contributed by atoms with Crippen LogP contribution in [-0.2, 0) is 19.9 Å². The molecule has 0 amide bonds. The topological polar surface area (TPSA) is 27.7 Å². The van der Waals surface area contributed by atoms with Crippen LogP contribution >= 0.6 is 0 Å². The number of benzene rings is 1. The third-order valence-corrected chi connectivity index (χ3v) is 2.33. The van der Waals surface area contributed by atoms with Crippen molar-refractivity contribution in [2.75, 3.05) is 13.2 Å². The highest BCUT2D eigenvalue weighted by Crippen LogP contribution is 2.30. The van der Waals surface area contributed by atoms with Crippen molar-refractivity contribution >= 4 is 10.5 Å². The van der Waals surface area contributed by atoms with E-state index in [9.17, 15) is 8.78 Å². The summed E-state index contributed by atoms with van der Waals surface area (Å²) < 4.78 is 42.0.